The van der Waals surface area contributed by atoms with E-state index in [-0.39, 0.29) is 11.2 Å². The monoisotopic (exact) mass is 503 g/mol. The van der Waals surface area contributed by atoms with E-state index in [0.29, 0.717) is 33.5 Å². The summed E-state index contributed by atoms with van der Waals surface area (Å²) < 4.78 is 12.0. The van der Waals surface area contributed by atoms with E-state index in [4.69, 9.17) is 9.15 Å². The van der Waals surface area contributed by atoms with Crippen LogP contribution in [0.3, 0.4) is 0 Å². The molecule has 5 heteroatoms. The van der Waals surface area contributed by atoms with Gasteiger partial charge in [-0.25, -0.2) is 4.79 Å². The van der Waals surface area contributed by atoms with Crippen LogP contribution in [0.5, 0.6) is 11.5 Å². The number of benzene rings is 4. The van der Waals surface area contributed by atoms with Crippen LogP contribution in [-0.4, -0.2) is 5.91 Å². The van der Waals surface area contributed by atoms with Gasteiger partial charge in [0.25, 0.3) is 5.91 Å². The highest BCUT2D eigenvalue weighted by molar-refractivity contribution is 6.12. The SMILES string of the molecule is Cc1ccc(-c2c(C(=O)Nc3ccccc3Oc3ccccc3C(C)(C)C)oc(=O)c3ccccc23)cc1. The Balaban J connectivity index is 1.57. The fraction of sp³-hybridized carbons (Fsp3) is 0.152. The molecule has 5 rings (SSSR count). The molecule has 0 unspecified atom stereocenters. The van der Waals surface area contributed by atoms with Crippen LogP contribution in [0.4, 0.5) is 5.69 Å². The third-order valence-corrected chi connectivity index (χ3v) is 6.43. The van der Waals surface area contributed by atoms with Gasteiger partial charge in [-0.15, -0.1) is 0 Å². The molecule has 5 aromatic rings. The van der Waals surface area contributed by atoms with Gasteiger partial charge in [-0.1, -0.05) is 99.1 Å². The fourth-order valence-corrected chi connectivity index (χ4v) is 4.50. The lowest BCUT2D eigenvalue weighted by Gasteiger charge is -2.23. The molecule has 0 aliphatic carbocycles. The van der Waals surface area contributed by atoms with E-state index in [2.05, 4.69) is 26.1 Å². The number of carbonyl (C=O) groups is 1. The molecule has 4 aromatic carbocycles. The predicted molar refractivity (Wildman–Crippen MR) is 152 cm³/mol. The lowest BCUT2D eigenvalue weighted by molar-refractivity contribution is 0.0993. The van der Waals surface area contributed by atoms with E-state index < -0.39 is 11.5 Å². The largest absolute Gasteiger partial charge is 0.455 e. The summed E-state index contributed by atoms with van der Waals surface area (Å²) in [5, 5.41) is 3.99. The molecule has 0 saturated carbocycles. The number of para-hydroxylation sites is 3. The van der Waals surface area contributed by atoms with Crippen molar-refractivity contribution in [2.75, 3.05) is 5.32 Å². The van der Waals surface area contributed by atoms with Crippen molar-refractivity contribution in [1.82, 2.24) is 0 Å². The predicted octanol–water partition coefficient (Wildman–Crippen LogP) is 8.11. The molecule has 1 aromatic heterocycles. The number of aryl methyl sites for hydroxylation is 1. The van der Waals surface area contributed by atoms with Crippen LogP contribution in [0, 0.1) is 6.92 Å². The Kier molecular flexibility index (Phi) is 6.60. The van der Waals surface area contributed by atoms with Gasteiger partial charge in [-0.3, -0.25) is 4.79 Å². The van der Waals surface area contributed by atoms with Crippen molar-refractivity contribution in [3.8, 4) is 22.6 Å². The Bertz CT molecular complexity index is 1690. The lowest BCUT2D eigenvalue weighted by Crippen LogP contribution is -2.17. The Hall–Kier alpha value is -4.64. The molecule has 0 spiro atoms. The first-order chi connectivity index (χ1) is 18.2. The Labute approximate surface area is 221 Å². The number of ether oxygens (including phenoxy) is 1. The van der Waals surface area contributed by atoms with Gasteiger partial charge in [0.15, 0.2) is 5.75 Å². The van der Waals surface area contributed by atoms with Gasteiger partial charge in [-0.2, -0.15) is 0 Å². The van der Waals surface area contributed by atoms with Gasteiger partial charge >= 0.3 is 5.63 Å². The van der Waals surface area contributed by atoms with E-state index in [9.17, 15) is 9.59 Å². The van der Waals surface area contributed by atoms with Gasteiger partial charge < -0.3 is 14.5 Å². The minimum Gasteiger partial charge on any atom is -0.455 e. The van der Waals surface area contributed by atoms with Gasteiger partial charge in [-0.05, 0) is 42.2 Å². The lowest BCUT2D eigenvalue weighted by atomic mass is 9.86. The van der Waals surface area contributed by atoms with Crippen molar-refractivity contribution in [3.63, 3.8) is 0 Å². The van der Waals surface area contributed by atoms with Crippen molar-refractivity contribution in [2.45, 2.75) is 33.1 Å². The zero-order chi connectivity index (χ0) is 26.9. The summed E-state index contributed by atoms with van der Waals surface area (Å²) in [6, 6.07) is 30.0. The minimum absolute atomic E-state index is 0.0533. The van der Waals surface area contributed by atoms with Crippen molar-refractivity contribution in [2.24, 2.45) is 0 Å². The smallest absolute Gasteiger partial charge is 0.344 e. The average molecular weight is 504 g/mol. The maximum Gasteiger partial charge on any atom is 0.344 e. The number of carbonyl (C=O) groups excluding carboxylic acids is 1. The Morgan fingerprint density at radius 2 is 1.37 bits per heavy atom. The number of nitrogens with one attached hydrogen (secondary N) is 1. The second kappa shape index (κ2) is 10.0. The summed E-state index contributed by atoms with van der Waals surface area (Å²) in [5.41, 5.74) is 3.24. The summed E-state index contributed by atoms with van der Waals surface area (Å²) in [6.07, 6.45) is 0. The third-order valence-electron chi connectivity index (χ3n) is 6.43. The zero-order valence-corrected chi connectivity index (χ0v) is 21.9. The summed E-state index contributed by atoms with van der Waals surface area (Å²) in [7, 11) is 0. The van der Waals surface area contributed by atoms with Gasteiger partial charge in [0, 0.05) is 16.5 Å². The highest BCUT2D eigenvalue weighted by Gasteiger charge is 2.23. The fourth-order valence-electron chi connectivity index (χ4n) is 4.50. The molecule has 1 amide bonds. The topological polar surface area (TPSA) is 68.5 Å². The minimum atomic E-state index is -0.565. The maximum absolute atomic E-state index is 13.7. The standard InChI is InChI=1S/C33H29NO4/c1-21-17-19-22(20-18-21)29-23-11-5-6-12-24(23)32(36)38-30(29)31(35)34-26-14-8-10-16-28(26)37-27-15-9-7-13-25(27)33(2,3)4/h5-20H,1-4H3,(H,34,35). The second-order valence-corrected chi connectivity index (χ2v) is 10.3. The molecule has 0 aliphatic rings. The molecule has 0 saturated heterocycles. The van der Waals surface area contributed by atoms with E-state index in [1.807, 2.05) is 79.7 Å². The first kappa shape index (κ1) is 25.0. The number of amides is 1. The Morgan fingerprint density at radius 3 is 2.08 bits per heavy atom. The molecule has 0 fully saturated rings. The molecule has 0 atom stereocenters. The molecule has 0 bridgehead atoms. The number of hydrogen-bond acceptors (Lipinski definition) is 4. The van der Waals surface area contributed by atoms with Crippen LogP contribution in [0.1, 0.15) is 42.5 Å². The number of hydrogen-bond donors (Lipinski definition) is 1. The molecule has 0 aliphatic heterocycles. The van der Waals surface area contributed by atoms with Crippen molar-refractivity contribution in [1.29, 1.82) is 0 Å². The quantitative estimate of drug-likeness (QED) is 0.263. The van der Waals surface area contributed by atoms with E-state index >= 15 is 0 Å². The molecular weight excluding hydrogens is 474 g/mol. The highest BCUT2D eigenvalue weighted by atomic mass is 16.5. The van der Waals surface area contributed by atoms with Crippen LogP contribution in [0.15, 0.2) is 106 Å². The number of fused-ring (bicyclic) bond motifs is 1. The first-order valence-electron chi connectivity index (χ1n) is 12.5. The van der Waals surface area contributed by atoms with Crippen molar-refractivity contribution >= 4 is 22.4 Å². The molecule has 0 radical (unpaired) electrons. The molecular formula is C33H29NO4. The Morgan fingerprint density at radius 1 is 0.763 bits per heavy atom. The van der Waals surface area contributed by atoms with E-state index in [0.717, 1.165) is 16.7 Å². The van der Waals surface area contributed by atoms with Gasteiger partial charge in [0.05, 0.1) is 11.1 Å². The molecule has 190 valence electrons. The first-order valence-corrected chi connectivity index (χ1v) is 12.5. The average Bonchev–Trinajstić information content (AvgIpc) is 2.90. The van der Waals surface area contributed by atoms with Crippen molar-refractivity contribution < 1.29 is 13.9 Å². The normalized spacial score (nSPS) is 11.4. The number of rotatable bonds is 5. The zero-order valence-electron chi connectivity index (χ0n) is 21.9. The maximum atomic E-state index is 13.7. The van der Waals surface area contributed by atoms with E-state index in [1.54, 1.807) is 24.3 Å². The molecule has 38 heavy (non-hydrogen) atoms. The van der Waals surface area contributed by atoms with E-state index in [1.165, 1.54) is 0 Å². The van der Waals surface area contributed by atoms with Gasteiger partial charge in [0.1, 0.15) is 5.75 Å². The summed E-state index contributed by atoms with van der Waals surface area (Å²) in [6.45, 7) is 8.36. The van der Waals surface area contributed by atoms with Crippen LogP contribution in [0.25, 0.3) is 21.9 Å². The van der Waals surface area contributed by atoms with Gasteiger partial charge in [0.2, 0.25) is 5.76 Å². The molecule has 1 N–H and O–H groups in total. The second-order valence-electron chi connectivity index (χ2n) is 10.3. The third kappa shape index (κ3) is 4.96. The number of anilines is 1. The summed E-state index contributed by atoms with van der Waals surface area (Å²) in [4.78, 5) is 26.6. The molecule has 5 nitrogen and oxygen atoms in total. The van der Waals surface area contributed by atoms with Crippen molar-refractivity contribution in [3.05, 3.63) is 124 Å². The molecule has 1 heterocycles. The van der Waals surface area contributed by atoms with Crippen LogP contribution >= 0.6 is 0 Å². The van der Waals surface area contributed by atoms with Crippen LogP contribution in [-0.2, 0) is 5.41 Å². The summed E-state index contributed by atoms with van der Waals surface area (Å²) >= 11 is 0. The van der Waals surface area contributed by atoms with Crippen LogP contribution in [0.2, 0.25) is 0 Å². The highest BCUT2D eigenvalue weighted by Crippen LogP contribution is 2.37. The van der Waals surface area contributed by atoms with Crippen LogP contribution < -0.4 is 15.7 Å². The summed E-state index contributed by atoms with van der Waals surface area (Å²) in [5.74, 6) is 0.600.